The van der Waals surface area contributed by atoms with Gasteiger partial charge in [-0.2, -0.15) is 5.01 Å². The molecule has 0 N–H and O–H groups in total. The maximum absolute atomic E-state index is 2.93. The van der Waals surface area contributed by atoms with E-state index in [9.17, 15) is 0 Å². The minimum absolute atomic E-state index is 1.22. The van der Waals surface area contributed by atoms with Gasteiger partial charge in [0.1, 0.15) is 0 Å². The van der Waals surface area contributed by atoms with Crippen LogP contribution in [0.15, 0.2) is 0 Å². The van der Waals surface area contributed by atoms with E-state index in [2.05, 4.69) is 35.6 Å². The fourth-order valence-corrected chi connectivity index (χ4v) is 6.63. The zero-order chi connectivity index (χ0) is 25.7. The van der Waals surface area contributed by atoms with Crippen LogP contribution in [-0.2, 0) is 0 Å². The van der Waals surface area contributed by atoms with Gasteiger partial charge in [0.25, 0.3) is 0 Å². The molecule has 0 aliphatic carbocycles. The van der Waals surface area contributed by atoms with Gasteiger partial charge in [0.15, 0.2) is 13.3 Å². The van der Waals surface area contributed by atoms with Gasteiger partial charge < -0.3 is 0 Å². The molecular formula is C32H67N4+. The molecule has 0 radical (unpaired) electrons. The fraction of sp³-hybridized carbons (Fsp3) is 1.00. The Morgan fingerprint density at radius 2 is 0.889 bits per heavy atom. The molecule has 2 saturated heterocycles. The second-order valence-corrected chi connectivity index (χ2v) is 12.3. The van der Waals surface area contributed by atoms with Crippen molar-refractivity contribution in [2.75, 3.05) is 52.7 Å². The van der Waals surface area contributed by atoms with E-state index in [0.29, 0.717) is 0 Å². The smallest absolute Gasteiger partial charge is 0.155 e. The number of hydrogen-bond donors (Lipinski definition) is 0. The lowest BCUT2D eigenvalue weighted by Crippen LogP contribution is -2.72. The summed E-state index contributed by atoms with van der Waals surface area (Å²) in [5.41, 5.74) is 0. The topological polar surface area (TPSA) is 9.72 Å². The number of unbranched alkanes of at least 4 members (excludes halogenated alkanes) is 15. The molecule has 0 aromatic heterocycles. The maximum atomic E-state index is 2.93. The maximum Gasteiger partial charge on any atom is 0.155 e. The van der Waals surface area contributed by atoms with Crippen molar-refractivity contribution >= 4 is 0 Å². The Balaban J connectivity index is 1.97. The van der Waals surface area contributed by atoms with Crippen molar-refractivity contribution in [2.24, 2.45) is 0 Å². The molecule has 4 nitrogen and oxygen atoms in total. The Labute approximate surface area is 227 Å². The normalized spacial score (nSPS) is 19.8. The van der Waals surface area contributed by atoms with Crippen LogP contribution >= 0.6 is 0 Å². The van der Waals surface area contributed by atoms with Crippen LogP contribution in [0, 0.1) is 0 Å². The van der Waals surface area contributed by atoms with Crippen LogP contribution in [0.25, 0.3) is 0 Å². The molecule has 214 valence electrons. The van der Waals surface area contributed by atoms with E-state index < -0.39 is 0 Å². The zero-order valence-corrected chi connectivity index (χ0v) is 25.3. The van der Waals surface area contributed by atoms with Crippen molar-refractivity contribution in [1.82, 2.24) is 14.8 Å². The van der Waals surface area contributed by atoms with Gasteiger partial charge in [0, 0.05) is 26.2 Å². The van der Waals surface area contributed by atoms with Gasteiger partial charge in [-0.05, 0) is 38.5 Å². The van der Waals surface area contributed by atoms with Gasteiger partial charge in [0.2, 0.25) is 0 Å². The molecule has 0 bridgehead atoms. The van der Waals surface area contributed by atoms with Gasteiger partial charge in [-0.25, -0.2) is 14.4 Å². The van der Waals surface area contributed by atoms with E-state index in [1.165, 1.54) is 192 Å². The molecule has 0 aromatic rings. The predicted molar refractivity (Wildman–Crippen MR) is 159 cm³/mol. The zero-order valence-electron chi connectivity index (χ0n) is 25.3. The largest absolute Gasteiger partial charge is 0.242 e. The first-order valence-corrected chi connectivity index (χ1v) is 16.8. The van der Waals surface area contributed by atoms with E-state index in [0.717, 1.165) is 0 Å². The molecule has 36 heavy (non-hydrogen) atoms. The standard InChI is InChI=1S/C32H67N4/c1-4-7-10-13-16-20-25-33-30-34(26-21-17-14-11-8-5-2)32-36(31-33,35-27-22-19-23-28-35)29-24-18-15-12-9-6-3/h4-32H2,1-3H3/q+1. The summed E-state index contributed by atoms with van der Waals surface area (Å²) >= 11 is 0. The third-order valence-electron chi connectivity index (χ3n) is 8.84. The summed E-state index contributed by atoms with van der Waals surface area (Å²) < 4.78 is 1.25. The summed E-state index contributed by atoms with van der Waals surface area (Å²) in [6.45, 7) is 17.4. The first kappa shape index (κ1) is 32.1. The lowest BCUT2D eigenvalue weighted by molar-refractivity contribution is -1.06. The molecule has 0 saturated carbocycles. The van der Waals surface area contributed by atoms with Crippen LogP contribution in [0.1, 0.15) is 156 Å². The van der Waals surface area contributed by atoms with Crippen molar-refractivity contribution in [3.05, 3.63) is 0 Å². The number of quaternary nitrogens is 1. The predicted octanol–water partition coefficient (Wildman–Crippen LogP) is 8.78. The summed E-state index contributed by atoms with van der Waals surface area (Å²) in [4.78, 5) is 5.73. The first-order valence-electron chi connectivity index (χ1n) is 16.8. The first-order chi connectivity index (χ1) is 17.7. The van der Waals surface area contributed by atoms with Gasteiger partial charge in [-0.1, -0.05) is 117 Å². The highest BCUT2D eigenvalue weighted by Gasteiger charge is 2.42. The molecule has 0 atom stereocenters. The Kier molecular flexibility index (Phi) is 18.5. The monoisotopic (exact) mass is 508 g/mol. The van der Waals surface area contributed by atoms with Gasteiger partial charge >= 0.3 is 0 Å². The Hall–Kier alpha value is -0.160. The summed E-state index contributed by atoms with van der Waals surface area (Å²) in [5.74, 6) is 0. The summed E-state index contributed by atoms with van der Waals surface area (Å²) in [6.07, 6.45) is 29.7. The quantitative estimate of drug-likeness (QED) is 0.107. The molecule has 2 aliphatic rings. The minimum Gasteiger partial charge on any atom is -0.242 e. The molecule has 2 rings (SSSR count). The number of rotatable bonds is 22. The highest BCUT2D eigenvalue weighted by molar-refractivity contribution is 4.67. The van der Waals surface area contributed by atoms with Crippen LogP contribution < -0.4 is 0 Å². The Bertz CT molecular complexity index is 467. The van der Waals surface area contributed by atoms with Crippen LogP contribution in [0.3, 0.4) is 0 Å². The van der Waals surface area contributed by atoms with E-state index in [1.54, 1.807) is 0 Å². The van der Waals surface area contributed by atoms with E-state index in [-0.39, 0.29) is 0 Å². The molecule has 2 heterocycles. The number of hydrogen-bond acceptors (Lipinski definition) is 3. The van der Waals surface area contributed by atoms with Crippen molar-refractivity contribution in [2.45, 2.75) is 156 Å². The number of nitrogens with zero attached hydrogens (tertiary/aromatic N) is 4. The molecule has 0 amide bonds. The van der Waals surface area contributed by atoms with Gasteiger partial charge in [0.05, 0.1) is 13.2 Å². The molecular weight excluding hydrogens is 440 g/mol. The molecule has 0 unspecified atom stereocenters. The molecule has 2 aliphatic heterocycles. The summed E-state index contributed by atoms with van der Waals surface area (Å²) in [6, 6.07) is 0. The summed E-state index contributed by atoms with van der Waals surface area (Å²) in [7, 11) is 0. The third kappa shape index (κ3) is 13.1. The molecule has 0 aromatic carbocycles. The van der Waals surface area contributed by atoms with Crippen molar-refractivity contribution < 1.29 is 4.59 Å². The highest BCUT2D eigenvalue weighted by Crippen LogP contribution is 2.27. The second kappa shape index (κ2) is 20.8. The highest BCUT2D eigenvalue weighted by atomic mass is 15.8. The van der Waals surface area contributed by atoms with Gasteiger partial charge in [-0.3, -0.25) is 0 Å². The average molecular weight is 508 g/mol. The van der Waals surface area contributed by atoms with Crippen LogP contribution in [0.2, 0.25) is 0 Å². The van der Waals surface area contributed by atoms with E-state index in [4.69, 9.17) is 0 Å². The average Bonchev–Trinajstić information content (AvgIpc) is 2.90. The fourth-order valence-electron chi connectivity index (χ4n) is 6.63. The van der Waals surface area contributed by atoms with Crippen LogP contribution in [-0.4, -0.2) is 72.1 Å². The van der Waals surface area contributed by atoms with Gasteiger partial charge in [-0.15, -0.1) is 0 Å². The van der Waals surface area contributed by atoms with Crippen LogP contribution in [0.5, 0.6) is 0 Å². The van der Waals surface area contributed by atoms with E-state index >= 15 is 0 Å². The molecule has 2 fully saturated rings. The van der Waals surface area contributed by atoms with Crippen molar-refractivity contribution in [3.63, 3.8) is 0 Å². The van der Waals surface area contributed by atoms with Crippen LogP contribution in [0.4, 0.5) is 0 Å². The number of piperidine rings is 1. The lowest BCUT2D eigenvalue weighted by Gasteiger charge is -2.54. The second-order valence-electron chi connectivity index (χ2n) is 12.3. The molecule has 4 heteroatoms. The molecule has 0 spiro atoms. The SMILES string of the molecule is CCCCCCCCN1CN(CCCCCCCC)C[N+](CCCCCCCC)(N2CCCCC2)C1. The summed E-state index contributed by atoms with van der Waals surface area (Å²) in [5, 5.41) is 2.93. The van der Waals surface area contributed by atoms with Crippen molar-refractivity contribution in [3.8, 4) is 0 Å². The third-order valence-corrected chi connectivity index (χ3v) is 8.84. The lowest BCUT2D eigenvalue weighted by atomic mass is 10.1. The minimum atomic E-state index is 1.22. The van der Waals surface area contributed by atoms with E-state index in [1.807, 2.05) is 0 Å². The Morgan fingerprint density at radius 3 is 1.36 bits per heavy atom. The Morgan fingerprint density at radius 1 is 0.472 bits per heavy atom. The van der Waals surface area contributed by atoms with Crippen molar-refractivity contribution in [1.29, 1.82) is 0 Å².